The van der Waals surface area contributed by atoms with Crippen LogP contribution in [0.5, 0.6) is 0 Å². The molecule has 0 aliphatic rings. The van der Waals surface area contributed by atoms with E-state index >= 15 is 0 Å². The van der Waals surface area contributed by atoms with Crippen LogP contribution in [0.2, 0.25) is 0 Å². The summed E-state index contributed by atoms with van der Waals surface area (Å²) in [6.07, 6.45) is 0.870. The van der Waals surface area contributed by atoms with Crippen LogP contribution < -0.4 is 0 Å². The summed E-state index contributed by atoms with van der Waals surface area (Å²) >= 11 is 0. The monoisotopic (exact) mass is 271 g/mol. The number of carboxylic acid groups (broad SMARTS) is 1. The van der Waals surface area contributed by atoms with Crippen molar-refractivity contribution in [3.63, 3.8) is 0 Å². The minimum Gasteiger partial charge on any atom is -0.475 e. The van der Waals surface area contributed by atoms with Gasteiger partial charge in [0.15, 0.2) is 0 Å². The molecule has 20 heavy (non-hydrogen) atoms. The number of aromatic nitrogens is 1. The van der Waals surface area contributed by atoms with E-state index in [2.05, 4.69) is 6.92 Å². The van der Waals surface area contributed by atoms with Crippen LogP contribution in [0.4, 0.5) is 0 Å². The Morgan fingerprint density at radius 3 is 2.45 bits per heavy atom. The van der Waals surface area contributed by atoms with Crippen molar-refractivity contribution in [2.24, 2.45) is 0 Å². The molecule has 0 unspecified atom stereocenters. The first-order chi connectivity index (χ1) is 9.47. The van der Waals surface area contributed by atoms with E-state index in [0.29, 0.717) is 5.69 Å². The third-order valence-electron chi connectivity index (χ3n) is 3.48. The van der Waals surface area contributed by atoms with Gasteiger partial charge in [0, 0.05) is 17.1 Å². The molecule has 0 radical (unpaired) electrons. The molecule has 1 aromatic heterocycles. The molecular weight excluding hydrogens is 254 g/mol. The number of carboxylic acids is 1. The number of benzene rings is 1. The second-order valence-corrected chi connectivity index (χ2v) is 4.74. The fourth-order valence-corrected chi connectivity index (χ4v) is 2.51. The number of hydrogen-bond acceptors (Lipinski definition) is 2. The lowest BCUT2D eigenvalue weighted by molar-refractivity contribution is -0.131. The van der Waals surface area contributed by atoms with Crippen molar-refractivity contribution in [3.05, 3.63) is 52.8 Å². The number of para-hydroxylation sites is 1. The second-order valence-electron chi connectivity index (χ2n) is 4.74. The molecule has 2 rings (SSSR count). The van der Waals surface area contributed by atoms with Crippen molar-refractivity contribution in [1.29, 1.82) is 0 Å². The van der Waals surface area contributed by atoms with Crippen molar-refractivity contribution in [1.82, 2.24) is 4.57 Å². The minimum absolute atomic E-state index is 0.251. The number of rotatable bonds is 4. The lowest BCUT2D eigenvalue weighted by Crippen LogP contribution is -2.13. The van der Waals surface area contributed by atoms with Gasteiger partial charge in [-0.3, -0.25) is 4.79 Å². The van der Waals surface area contributed by atoms with E-state index < -0.39 is 11.8 Å². The molecule has 104 valence electrons. The van der Waals surface area contributed by atoms with Crippen LogP contribution in [-0.2, 0) is 11.2 Å². The molecule has 0 amide bonds. The summed E-state index contributed by atoms with van der Waals surface area (Å²) in [5.74, 6) is -2.28. The van der Waals surface area contributed by atoms with Crippen LogP contribution in [0.25, 0.3) is 5.69 Å². The lowest BCUT2D eigenvalue weighted by Gasteiger charge is -2.13. The highest BCUT2D eigenvalue weighted by atomic mass is 16.4. The molecule has 0 bridgehead atoms. The number of carbonyl (C=O) groups excluding carboxylic acids is 1. The molecular formula is C16H17NO3. The van der Waals surface area contributed by atoms with Gasteiger partial charge in [0.1, 0.15) is 0 Å². The largest absolute Gasteiger partial charge is 0.475 e. The van der Waals surface area contributed by atoms with Crippen LogP contribution in [-0.4, -0.2) is 21.4 Å². The highest BCUT2D eigenvalue weighted by Gasteiger charge is 2.22. The maximum atomic E-state index is 11.7. The van der Waals surface area contributed by atoms with Gasteiger partial charge in [0.25, 0.3) is 5.78 Å². The van der Waals surface area contributed by atoms with Crippen LogP contribution >= 0.6 is 0 Å². The lowest BCUT2D eigenvalue weighted by atomic mass is 10.1. The Labute approximate surface area is 117 Å². The molecule has 4 heteroatoms. The zero-order valence-corrected chi connectivity index (χ0v) is 11.8. The van der Waals surface area contributed by atoms with Gasteiger partial charge in [-0.1, -0.05) is 25.1 Å². The van der Waals surface area contributed by atoms with Gasteiger partial charge in [-0.25, -0.2) is 4.79 Å². The zero-order chi connectivity index (χ0) is 14.9. The molecule has 0 atom stereocenters. The number of hydrogen-bond donors (Lipinski definition) is 1. The van der Waals surface area contributed by atoms with E-state index in [1.165, 1.54) is 0 Å². The molecule has 0 spiro atoms. The van der Waals surface area contributed by atoms with Gasteiger partial charge in [0.05, 0.1) is 5.56 Å². The number of ketones is 1. The molecule has 2 aromatic rings. The van der Waals surface area contributed by atoms with E-state index in [4.69, 9.17) is 5.11 Å². The first kappa shape index (κ1) is 14.1. The van der Waals surface area contributed by atoms with Crippen molar-refractivity contribution in [2.45, 2.75) is 27.2 Å². The highest BCUT2D eigenvalue weighted by Crippen LogP contribution is 2.24. The maximum absolute atomic E-state index is 11.7. The van der Waals surface area contributed by atoms with Gasteiger partial charge >= 0.3 is 5.97 Å². The predicted octanol–water partition coefficient (Wildman–Crippen LogP) is 2.92. The first-order valence-electron chi connectivity index (χ1n) is 6.52. The average molecular weight is 271 g/mol. The smallest absolute Gasteiger partial charge is 0.377 e. The average Bonchev–Trinajstić information content (AvgIpc) is 2.73. The summed E-state index contributed by atoms with van der Waals surface area (Å²) < 4.78 is 1.94. The van der Waals surface area contributed by atoms with Crippen LogP contribution in [0.1, 0.15) is 34.2 Å². The number of aliphatic carboxylic acids is 1. The fourth-order valence-electron chi connectivity index (χ4n) is 2.51. The summed E-state index contributed by atoms with van der Waals surface area (Å²) in [5, 5.41) is 8.87. The van der Waals surface area contributed by atoms with Crippen LogP contribution in [0, 0.1) is 13.8 Å². The van der Waals surface area contributed by atoms with Gasteiger partial charge in [-0.15, -0.1) is 0 Å². The Morgan fingerprint density at radius 2 is 1.85 bits per heavy atom. The molecule has 0 aliphatic carbocycles. The zero-order valence-electron chi connectivity index (χ0n) is 11.8. The predicted molar refractivity (Wildman–Crippen MR) is 76.6 cm³/mol. The molecule has 0 aliphatic heterocycles. The summed E-state index contributed by atoms with van der Waals surface area (Å²) in [5.41, 5.74) is 3.92. The Hall–Kier alpha value is -2.36. The fraction of sp³-hybridized carbons (Fsp3) is 0.250. The van der Waals surface area contributed by atoms with Crippen LogP contribution in [0.3, 0.4) is 0 Å². The standard InChI is InChI=1S/C16H17NO3/c1-4-12-7-5-6-8-14(12)17-10(2)9-13(11(17)3)15(18)16(19)20/h5-9H,4H2,1-3H3,(H,19,20). The van der Waals surface area contributed by atoms with Crippen molar-refractivity contribution < 1.29 is 14.7 Å². The summed E-state index contributed by atoms with van der Waals surface area (Å²) in [6, 6.07) is 9.56. The molecule has 1 N–H and O–H groups in total. The molecule has 0 saturated heterocycles. The Morgan fingerprint density at radius 1 is 1.20 bits per heavy atom. The third kappa shape index (κ3) is 2.25. The van der Waals surface area contributed by atoms with Gasteiger partial charge in [-0.2, -0.15) is 0 Å². The Kier molecular flexibility index (Phi) is 3.74. The molecule has 1 aromatic carbocycles. The number of Topliss-reactive ketones (excluding diaryl/α,β-unsaturated/α-hetero) is 1. The van der Waals surface area contributed by atoms with Crippen molar-refractivity contribution in [3.8, 4) is 5.69 Å². The normalized spacial score (nSPS) is 10.6. The van der Waals surface area contributed by atoms with Gasteiger partial charge in [0.2, 0.25) is 0 Å². The number of carbonyl (C=O) groups is 2. The van der Waals surface area contributed by atoms with Gasteiger partial charge in [-0.05, 0) is 38.0 Å². The maximum Gasteiger partial charge on any atom is 0.377 e. The summed E-state index contributed by atoms with van der Waals surface area (Å²) in [4.78, 5) is 22.6. The van der Waals surface area contributed by atoms with Crippen molar-refractivity contribution >= 4 is 11.8 Å². The Balaban J connectivity index is 2.64. The minimum atomic E-state index is -1.42. The molecule has 0 saturated carbocycles. The SMILES string of the molecule is CCc1ccccc1-n1c(C)cc(C(=O)C(=O)O)c1C. The second kappa shape index (κ2) is 5.33. The van der Waals surface area contributed by atoms with E-state index in [1.54, 1.807) is 13.0 Å². The number of aryl methyl sites for hydroxylation is 2. The Bertz CT molecular complexity index is 683. The first-order valence-corrected chi connectivity index (χ1v) is 6.52. The van der Waals surface area contributed by atoms with E-state index in [1.807, 2.05) is 35.8 Å². The van der Waals surface area contributed by atoms with Gasteiger partial charge < -0.3 is 9.67 Å². The third-order valence-corrected chi connectivity index (χ3v) is 3.48. The number of nitrogens with zero attached hydrogens (tertiary/aromatic N) is 1. The summed E-state index contributed by atoms with van der Waals surface area (Å²) in [7, 11) is 0. The van der Waals surface area contributed by atoms with E-state index in [9.17, 15) is 9.59 Å². The van der Waals surface area contributed by atoms with E-state index in [-0.39, 0.29) is 5.56 Å². The summed E-state index contributed by atoms with van der Waals surface area (Å²) in [6.45, 7) is 5.71. The van der Waals surface area contributed by atoms with E-state index in [0.717, 1.165) is 23.4 Å². The molecule has 0 fully saturated rings. The molecule has 4 nitrogen and oxygen atoms in total. The molecule has 1 heterocycles. The van der Waals surface area contributed by atoms with Crippen molar-refractivity contribution in [2.75, 3.05) is 0 Å². The van der Waals surface area contributed by atoms with Crippen LogP contribution in [0.15, 0.2) is 30.3 Å². The highest BCUT2D eigenvalue weighted by molar-refractivity contribution is 6.40. The quantitative estimate of drug-likeness (QED) is 0.687. The topological polar surface area (TPSA) is 59.3 Å².